The normalized spacial score (nSPS) is 15.1. The summed E-state index contributed by atoms with van der Waals surface area (Å²) in [6.07, 6.45) is 1.90. The molecule has 0 atom stereocenters. The van der Waals surface area contributed by atoms with Crippen LogP contribution in [-0.2, 0) is 14.8 Å². The lowest BCUT2D eigenvalue weighted by Crippen LogP contribution is -2.38. The summed E-state index contributed by atoms with van der Waals surface area (Å²) in [5, 5.41) is 2.70. The SMILES string of the molecule is Nc1cc(Br)cc(Br)c1S(=O)(=O)NCC(=O)NC1CC1. The minimum atomic E-state index is -3.85. The monoisotopic (exact) mass is 425 g/mol. The number of anilines is 1. The summed E-state index contributed by atoms with van der Waals surface area (Å²) in [7, 11) is -3.85. The number of sulfonamides is 1. The Bertz CT molecular complexity index is 621. The van der Waals surface area contributed by atoms with Crippen molar-refractivity contribution in [2.45, 2.75) is 23.8 Å². The Morgan fingerprint density at radius 3 is 2.55 bits per heavy atom. The van der Waals surface area contributed by atoms with E-state index < -0.39 is 10.0 Å². The van der Waals surface area contributed by atoms with E-state index in [2.05, 4.69) is 41.9 Å². The third-order valence-electron chi connectivity index (χ3n) is 2.67. The fourth-order valence-electron chi connectivity index (χ4n) is 1.60. The first kappa shape index (κ1) is 15.7. The van der Waals surface area contributed by atoms with Gasteiger partial charge < -0.3 is 11.1 Å². The largest absolute Gasteiger partial charge is 0.398 e. The number of rotatable bonds is 5. The zero-order valence-corrected chi connectivity index (χ0v) is 14.3. The van der Waals surface area contributed by atoms with Crippen LogP contribution in [0.5, 0.6) is 0 Å². The molecule has 1 saturated carbocycles. The summed E-state index contributed by atoms with van der Waals surface area (Å²) in [5.41, 5.74) is 5.82. The van der Waals surface area contributed by atoms with E-state index in [4.69, 9.17) is 5.73 Å². The minimum Gasteiger partial charge on any atom is -0.398 e. The number of halogens is 2. The van der Waals surface area contributed by atoms with Crippen LogP contribution in [0.15, 0.2) is 26.0 Å². The molecule has 0 saturated heterocycles. The number of hydrogen-bond donors (Lipinski definition) is 3. The average molecular weight is 427 g/mol. The van der Waals surface area contributed by atoms with E-state index in [1.165, 1.54) is 6.07 Å². The lowest BCUT2D eigenvalue weighted by Gasteiger charge is -2.11. The zero-order chi connectivity index (χ0) is 14.9. The fourth-order valence-corrected chi connectivity index (χ4v) is 4.65. The Kier molecular flexibility index (Phi) is 4.73. The molecule has 9 heteroatoms. The van der Waals surface area contributed by atoms with Crippen molar-refractivity contribution in [2.75, 3.05) is 12.3 Å². The van der Waals surface area contributed by atoms with E-state index in [0.717, 1.165) is 12.8 Å². The molecular formula is C11H13Br2N3O3S. The molecule has 110 valence electrons. The third kappa shape index (κ3) is 3.94. The highest BCUT2D eigenvalue weighted by molar-refractivity contribution is 9.11. The van der Waals surface area contributed by atoms with Crippen LogP contribution in [0, 0.1) is 0 Å². The van der Waals surface area contributed by atoms with Crippen LogP contribution in [-0.4, -0.2) is 26.9 Å². The van der Waals surface area contributed by atoms with Crippen LogP contribution >= 0.6 is 31.9 Å². The minimum absolute atomic E-state index is 0.0695. The van der Waals surface area contributed by atoms with Gasteiger partial charge in [-0.1, -0.05) is 15.9 Å². The van der Waals surface area contributed by atoms with E-state index in [-0.39, 0.29) is 29.1 Å². The molecule has 0 aliphatic heterocycles. The average Bonchev–Trinajstić information content (AvgIpc) is 3.08. The summed E-state index contributed by atoms with van der Waals surface area (Å²) in [5.74, 6) is -0.345. The number of carbonyl (C=O) groups excluding carboxylic acids is 1. The molecule has 1 fully saturated rings. The van der Waals surface area contributed by atoms with Crippen molar-refractivity contribution in [3.63, 3.8) is 0 Å². The summed E-state index contributed by atoms with van der Waals surface area (Å²) >= 11 is 6.38. The predicted octanol–water partition coefficient (Wildman–Crippen LogP) is 1.35. The summed E-state index contributed by atoms with van der Waals surface area (Å²) in [6, 6.07) is 3.26. The molecule has 0 unspecified atom stereocenters. The topological polar surface area (TPSA) is 101 Å². The molecule has 1 aromatic rings. The molecule has 0 heterocycles. The van der Waals surface area contributed by atoms with Crippen molar-refractivity contribution in [1.82, 2.24) is 10.0 Å². The Labute approximate surface area is 133 Å². The molecule has 1 aromatic carbocycles. The Hall–Kier alpha value is -0.640. The van der Waals surface area contributed by atoms with Gasteiger partial charge in [-0.15, -0.1) is 0 Å². The van der Waals surface area contributed by atoms with Gasteiger partial charge in [-0.05, 0) is 40.9 Å². The second-order valence-electron chi connectivity index (χ2n) is 4.47. The highest BCUT2D eigenvalue weighted by Gasteiger charge is 2.25. The molecule has 1 aliphatic rings. The van der Waals surface area contributed by atoms with Crippen LogP contribution < -0.4 is 15.8 Å². The Balaban J connectivity index is 2.11. The van der Waals surface area contributed by atoms with Gasteiger partial charge in [-0.25, -0.2) is 13.1 Å². The quantitative estimate of drug-likeness (QED) is 0.618. The van der Waals surface area contributed by atoms with Gasteiger partial charge in [0.25, 0.3) is 0 Å². The molecule has 20 heavy (non-hydrogen) atoms. The molecule has 1 aliphatic carbocycles. The molecule has 0 radical (unpaired) electrons. The molecule has 6 nitrogen and oxygen atoms in total. The van der Waals surface area contributed by atoms with E-state index in [0.29, 0.717) is 8.95 Å². The molecule has 0 aromatic heterocycles. The molecule has 0 bridgehead atoms. The van der Waals surface area contributed by atoms with Crippen LogP contribution in [0.1, 0.15) is 12.8 Å². The summed E-state index contributed by atoms with van der Waals surface area (Å²) in [4.78, 5) is 11.4. The molecular weight excluding hydrogens is 414 g/mol. The second kappa shape index (κ2) is 6.00. The molecule has 0 spiro atoms. The number of amides is 1. The van der Waals surface area contributed by atoms with E-state index in [1.54, 1.807) is 6.07 Å². The van der Waals surface area contributed by atoms with E-state index in [1.807, 2.05) is 0 Å². The van der Waals surface area contributed by atoms with Gasteiger partial charge in [0.05, 0.1) is 12.2 Å². The summed E-state index contributed by atoms with van der Waals surface area (Å²) in [6.45, 7) is -0.305. The first-order valence-electron chi connectivity index (χ1n) is 5.83. The number of benzene rings is 1. The van der Waals surface area contributed by atoms with Crippen LogP contribution in [0.4, 0.5) is 5.69 Å². The van der Waals surface area contributed by atoms with Gasteiger partial charge in [-0.2, -0.15) is 0 Å². The van der Waals surface area contributed by atoms with Gasteiger partial charge in [0.1, 0.15) is 4.90 Å². The maximum Gasteiger partial charge on any atom is 0.244 e. The van der Waals surface area contributed by atoms with Gasteiger partial charge in [0.2, 0.25) is 15.9 Å². The molecule has 1 amide bonds. The number of hydrogen-bond acceptors (Lipinski definition) is 4. The number of nitrogens with two attached hydrogens (primary N) is 1. The lowest BCUT2D eigenvalue weighted by molar-refractivity contribution is -0.120. The van der Waals surface area contributed by atoms with E-state index >= 15 is 0 Å². The van der Waals surface area contributed by atoms with Gasteiger partial charge in [0.15, 0.2) is 0 Å². The second-order valence-corrected chi connectivity index (χ2v) is 7.95. The molecule has 4 N–H and O–H groups in total. The van der Waals surface area contributed by atoms with Gasteiger partial charge in [-0.3, -0.25) is 4.79 Å². The number of carbonyl (C=O) groups is 1. The first-order valence-corrected chi connectivity index (χ1v) is 8.90. The van der Waals surface area contributed by atoms with Crippen molar-refractivity contribution >= 4 is 53.5 Å². The van der Waals surface area contributed by atoms with Gasteiger partial charge >= 0.3 is 0 Å². The molecule has 2 rings (SSSR count). The predicted molar refractivity (Wildman–Crippen MR) is 82.6 cm³/mol. The van der Waals surface area contributed by atoms with E-state index in [9.17, 15) is 13.2 Å². The van der Waals surface area contributed by atoms with Crippen LogP contribution in [0.25, 0.3) is 0 Å². The lowest BCUT2D eigenvalue weighted by atomic mass is 10.3. The first-order chi connectivity index (χ1) is 9.29. The van der Waals surface area contributed by atoms with Crippen molar-refractivity contribution in [3.05, 3.63) is 21.1 Å². The third-order valence-corrected chi connectivity index (χ3v) is 5.53. The number of nitrogen functional groups attached to an aromatic ring is 1. The fraction of sp³-hybridized carbons (Fsp3) is 0.364. The van der Waals surface area contributed by atoms with Crippen molar-refractivity contribution < 1.29 is 13.2 Å². The van der Waals surface area contributed by atoms with Crippen LogP contribution in [0.3, 0.4) is 0 Å². The highest BCUT2D eigenvalue weighted by Crippen LogP contribution is 2.31. The standard InChI is InChI=1S/C11H13Br2N3O3S/c12-6-3-8(13)11(9(14)4-6)20(18,19)15-5-10(17)16-7-1-2-7/h3-4,7,15H,1-2,5,14H2,(H,16,17). The van der Waals surface area contributed by atoms with Crippen molar-refractivity contribution in [1.29, 1.82) is 0 Å². The van der Waals surface area contributed by atoms with Gasteiger partial charge in [0, 0.05) is 15.0 Å². The Morgan fingerprint density at radius 2 is 2.00 bits per heavy atom. The highest BCUT2D eigenvalue weighted by atomic mass is 79.9. The summed E-state index contributed by atoms with van der Waals surface area (Å²) < 4.78 is 27.6. The smallest absolute Gasteiger partial charge is 0.244 e. The zero-order valence-electron chi connectivity index (χ0n) is 10.3. The Morgan fingerprint density at radius 1 is 1.35 bits per heavy atom. The maximum atomic E-state index is 12.2. The van der Waals surface area contributed by atoms with Crippen molar-refractivity contribution in [3.8, 4) is 0 Å². The number of nitrogens with one attached hydrogen (secondary N) is 2. The van der Waals surface area contributed by atoms with Crippen LogP contribution in [0.2, 0.25) is 0 Å². The van der Waals surface area contributed by atoms with Crippen molar-refractivity contribution in [2.24, 2.45) is 0 Å². The maximum absolute atomic E-state index is 12.2.